The summed E-state index contributed by atoms with van der Waals surface area (Å²) < 4.78 is 6.56. The Labute approximate surface area is 118 Å². The van der Waals surface area contributed by atoms with Gasteiger partial charge >= 0.3 is 0 Å². The maximum Gasteiger partial charge on any atom is 0.227 e. The SMILES string of the molecule is Cc1nc(N)c(C)c(Oc2cc(Br)ccc2Cl)n1. The van der Waals surface area contributed by atoms with Crippen LogP contribution in [-0.2, 0) is 0 Å². The summed E-state index contributed by atoms with van der Waals surface area (Å²) in [4.78, 5) is 8.27. The Bertz CT molecular complexity index is 604. The van der Waals surface area contributed by atoms with E-state index in [1.165, 1.54) is 0 Å². The van der Waals surface area contributed by atoms with Crippen LogP contribution in [0.5, 0.6) is 11.6 Å². The summed E-state index contributed by atoms with van der Waals surface area (Å²) in [5, 5.41) is 0.507. The van der Waals surface area contributed by atoms with Crippen LogP contribution >= 0.6 is 27.5 Å². The molecule has 0 radical (unpaired) electrons. The molecule has 1 aromatic heterocycles. The van der Waals surface area contributed by atoms with Crippen LogP contribution in [0.1, 0.15) is 11.4 Å². The van der Waals surface area contributed by atoms with Gasteiger partial charge in [0, 0.05) is 4.47 Å². The lowest BCUT2D eigenvalue weighted by Crippen LogP contribution is -2.02. The molecule has 0 aliphatic carbocycles. The zero-order valence-corrected chi connectivity index (χ0v) is 12.2. The van der Waals surface area contributed by atoms with E-state index in [9.17, 15) is 0 Å². The molecule has 0 amide bonds. The predicted molar refractivity (Wildman–Crippen MR) is 75.1 cm³/mol. The van der Waals surface area contributed by atoms with Gasteiger partial charge < -0.3 is 10.5 Å². The molecule has 0 bridgehead atoms. The first kappa shape index (κ1) is 13.1. The van der Waals surface area contributed by atoms with Crippen LogP contribution in [0.2, 0.25) is 5.02 Å². The first-order chi connectivity index (χ1) is 8.47. The number of nitrogens with two attached hydrogens (primary N) is 1. The summed E-state index contributed by atoms with van der Waals surface area (Å²) in [5.74, 6) is 1.90. The van der Waals surface area contributed by atoms with E-state index in [0.717, 1.165) is 4.47 Å². The van der Waals surface area contributed by atoms with Gasteiger partial charge in [0.2, 0.25) is 5.88 Å². The fourth-order valence-corrected chi connectivity index (χ4v) is 1.88. The Kier molecular flexibility index (Phi) is 3.73. The molecule has 0 unspecified atom stereocenters. The van der Waals surface area contributed by atoms with Gasteiger partial charge in [-0.1, -0.05) is 27.5 Å². The van der Waals surface area contributed by atoms with E-state index in [-0.39, 0.29) is 0 Å². The van der Waals surface area contributed by atoms with E-state index >= 15 is 0 Å². The van der Waals surface area contributed by atoms with Crippen LogP contribution < -0.4 is 10.5 Å². The highest BCUT2D eigenvalue weighted by Crippen LogP contribution is 2.33. The molecule has 2 rings (SSSR count). The molecule has 2 N–H and O–H groups in total. The number of nitrogens with zero attached hydrogens (tertiary/aromatic N) is 2. The Morgan fingerprint density at radius 2 is 2.00 bits per heavy atom. The fourth-order valence-electron chi connectivity index (χ4n) is 1.38. The summed E-state index contributed by atoms with van der Waals surface area (Å²) >= 11 is 9.42. The largest absolute Gasteiger partial charge is 0.437 e. The molecule has 0 saturated heterocycles. The minimum absolute atomic E-state index is 0.406. The molecule has 0 fully saturated rings. The molecule has 18 heavy (non-hydrogen) atoms. The van der Waals surface area contributed by atoms with Gasteiger partial charge in [0.15, 0.2) is 0 Å². The number of anilines is 1. The number of hydrogen-bond acceptors (Lipinski definition) is 4. The van der Waals surface area contributed by atoms with Crippen LogP contribution in [0.4, 0.5) is 5.82 Å². The van der Waals surface area contributed by atoms with Gasteiger partial charge in [0.25, 0.3) is 0 Å². The number of ether oxygens (including phenoxy) is 1. The van der Waals surface area contributed by atoms with E-state index in [4.69, 9.17) is 22.1 Å². The van der Waals surface area contributed by atoms with Crippen molar-refractivity contribution >= 4 is 33.3 Å². The third-order valence-electron chi connectivity index (χ3n) is 2.35. The smallest absolute Gasteiger partial charge is 0.227 e. The van der Waals surface area contributed by atoms with Crippen LogP contribution in [0, 0.1) is 13.8 Å². The summed E-state index contributed by atoms with van der Waals surface area (Å²) in [6, 6.07) is 5.35. The maximum atomic E-state index is 6.06. The van der Waals surface area contributed by atoms with Gasteiger partial charge in [-0.15, -0.1) is 0 Å². The average molecular weight is 329 g/mol. The lowest BCUT2D eigenvalue weighted by molar-refractivity contribution is 0.456. The zero-order valence-electron chi connectivity index (χ0n) is 9.87. The van der Waals surface area contributed by atoms with E-state index < -0.39 is 0 Å². The van der Waals surface area contributed by atoms with Crippen LogP contribution in [0.3, 0.4) is 0 Å². The van der Waals surface area contributed by atoms with Gasteiger partial charge in [-0.3, -0.25) is 0 Å². The fraction of sp³-hybridized carbons (Fsp3) is 0.167. The molecule has 4 nitrogen and oxygen atoms in total. The lowest BCUT2D eigenvalue weighted by Gasteiger charge is -2.11. The molecular formula is C12H11BrClN3O. The molecule has 0 saturated carbocycles. The molecule has 0 atom stereocenters. The Hall–Kier alpha value is -1.33. The maximum absolute atomic E-state index is 6.06. The van der Waals surface area contributed by atoms with Crippen molar-refractivity contribution in [2.24, 2.45) is 0 Å². The second-order valence-electron chi connectivity index (χ2n) is 3.76. The van der Waals surface area contributed by atoms with Crippen molar-refractivity contribution in [2.75, 3.05) is 5.73 Å². The van der Waals surface area contributed by atoms with Crippen molar-refractivity contribution in [2.45, 2.75) is 13.8 Å². The third-order valence-corrected chi connectivity index (χ3v) is 3.16. The molecule has 94 valence electrons. The number of nitrogen functional groups attached to an aromatic ring is 1. The van der Waals surface area contributed by atoms with Crippen LogP contribution in [-0.4, -0.2) is 9.97 Å². The quantitative estimate of drug-likeness (QED) is 0.908. The van der Waals surface area contributed by atoms with Crippen molar-refractivity contribution < 1.29 is 4.74 Å². The molecular weight excluding hydrogens is 318 g/mol. The first-order valence-corrected chi connectivity index (χ1v) is 6.38. The van der Waals surface area contributed by atoms with Crippen molar-refractivity contribution in [3.05, 3.63) is 39.1 Å². The zero-order chi connectivity index (χ0) is 13.3. The van der Waals surface area contributed by atoms with Crippen LogP contribution in [0.15, 0.2) is 22.7 Å². The Morgan fingerprint density at radius 1 is 1.28 bits per heavy atom. The van der Waals surface area contributed by atoms with E-state index in [2.05, 4.69) is 25.9 Å². The highest BCUT2D eigenvalue weighted by Gasteiger charge is 2.11. The summed E-state index contributed by atoms with van der Waals surface area (Å²) in [7, 11) is 0. The molecule has 1 heterocycles. The molecule has 1 aromatic carbocycles. The monoisotopic (exact) mass is 327 g/mol. The number of hydrogen-bond donors (Lipinski definition) is 1. The minimum Gasteiger partial charge on any atom is -0.437 e. The highest BCUT2D eigenvalue weighted by molar-refractivity contribution is 9.10. The second-order valence-corrected chi connectivity index (χ2v) is 5.09. The lowest BCUT2D eigenvalue weighted by atomic mass is 10.3. The summed E-state index contributed by atoms with van der Waals surface area (Å²) in [6.45, 7) is 3.56. The van der Waals surface area contributed by atoms with Crippen LogP contribution in [0.25, 0.3) is 0 Å². The minimum atomic E-state index is 0.406. The second kappa shape index (κ2) is 5.12. The summed E-state index contributed by atoms with van der Waals surface area (Å²) in [6.07, 6.45) is 0. The molecule has 0 aliphatic rings. The van der Waals surface area contributed by atoms with Gasteiger partial charge in [-0.2, -0.15) is 4.98 Å². The van der Waals surface area contributed by atoms with Crippen molar-refractivity contribution in [3.63, 3.8) is 0 Å². The number of benzene rings is 1. The Balaban J connectivity index is 2.43. The molecule has 0 spiro atoms. The third kappa shape index (κ3) is 2.73. The summed E-state index contributed by atoms with van der Waals surface area (Å²) in [5.41, 5.74) is 6.46. The predicted octanol–water partition coefficient (Wildman–Crippen LogP) is 3.88. The highest BCUT2D eigenvalue weighted by atomic mass is 79.9. The van der Waals surface area contributed by atoms with E-state index in [1.807, 2.05) is 6.07 Å². The number of rotatable bonds is 2. The van der Waals surface area contributed by atoms with Crippen molar-refractivity contribution in [1.82, 2.24) is 9.97 Å². The number of aryl methyl sites for hydroxylation is 1. The molecule has 0 aliphatic heterocycles. The number of aromatic nitrogens is 2. The van der Waals surface area contributed by atoms with Crippen molar-refractivity contribution in [1.29, 1.82) is 0 Å². The normalized spacial score (nSPS) is 10.4. The van der Waals surface area contributed by atoms with Gasteiger partial charge in [-0.25, -0.2) is 4.98 Å². The van der Waals surface area contributed by atoms with Gasteiger partial charge in [0.05, 0.1) is 10.6 Å². The van der Waals surface area contributed by atoms with Gasteiger partial charge in [-0.05, 0) is 32.0 Å². The molecule has 6 heteroatoms. The van der Waals surface area contributed by atoms with E-state index in [0.29, 0.717) is 33.9 Å². The molecule has 2 aromatic rings. The Morgan fingerprint density at radius 3 is 2.72 bits per heavy atom. The number of halogens is 2. The van der Waals surface area contributed by atoms with Crippen molar-refractivity contribution in [3.8, 4) is 11.6 Å². The average Bonchev–Trinajstić information content (AvgIpc) is 2.30. The standard InChI is InChI=1S/C12H11BrClN3O/c1-6-11(15)16-7(2)17-12(6)18-10-5-8(13)3-4-9(10)14/h3-5H,1-2H3,(H2,15,16,17). The van der Waals surface area contributed by atoms with Gasteiger partial charge in [0.1, 0.15) is 17.4 Å². The van der Waals surface area contributed by atoms with E-state index in [1.54, 1.807) is 26.0 Å². The topological polar surface area (TPSA) is 61.0 Å². The first-order valence-electron chi connectivity index (χ1n) is 5.21.